The third-order valence-corrected chi connectivity index (χ3v) is 5.67. The first kappa shape index (κ1) is 17.1. The normalized spacial score (nSPS) is 23.1. The van der Waals surface area contributed by atoms with Gasteiger partial charge >= 0.3 is 0 Å². The van der Waals surface area contributed by atoms with Gasteiger partial charge in [-0.25, -0.2) is 18.2 Å². The molecule has 2 atom stereocenters. The molecule has 1 saturated carbocycles. The topological polar surface area (TPSA) is 50.2 Å². The zero-order valence-corrected chi connectivity index (χ0v) is 14.8. The second-order valence-electron chi connectivity index (χ2n) is 7.43. The molecule has 2 heterocycles. The highest BCUT2D eigenvalue weighted by atomic mass is 19.1. The zero-order chi connectivity index (χ0) is 19.4. The number of imidazole rings is 1. The fourth-order valence-corrected chi connectivity index (χ4v) is 4.22. The number of rotatable bonds is 4. The number of piperidine rings is 1. The van der Waals surface area contributed by atoms with E-state index in [1.54, 1.807) is 10.6 Å². The van der Waals surface area contributed by atoms with Crippen LogP contribution in [0.15, 0.2) is 42.7 Å². The quantitative estimate of drug-likeness (QED) is 0.750. The Kier molecular flexibility index (Phi) is 3.82. The van der Waals surface area contributed by atoms with Crippen molar-refractivity contribution in [1.29, 1.82) is 0 Å². The van der Waals surface area contributed by atoms with Crippen molar-refractivity contribution in [2.24, 2.45) is 11.8 Å². The summed E-state index contributed by atoms with van der Waals surface area (Å²) in [6.07, 6.45) is 1.52. The molecular weight excluding hydrogens is 369 g/mol. The van der Waals surface area contributed by atoms with E-state index in [0.29, 0.717) is 29.8 Å². The van der Waals surface area contributed by atoms with Crippen molar-refractivity contribution in [3.05, 3.63) is 60.2 Å². The van der Waals surface area contributed by atoms with Crippen LogP contribution in [0.25, 0.3) is 11.0 Å². The number of carbonyl (C=O) groups excluding carboxylic acids is 1. The van der Waals surface area contributed by atoms with Gasteiger partial charge in [-0.15, -0.1) is 0 Å². The molecule has 2 fully saturated rings. The maximum absolute atomic E-state index is 13.9. The molecule has 2 unspecified atom stereocenters. The summed E-state index contributed by atoms with van der Waals surface area (Å²) < 4.78 is 41.9. The van der Waals surface area contributed by atoms with Crippen LogP contribution in [0.4, 0.5) is 18.9 Å². The minimum absolute atomic E-state index is 0.0690. The number of aromatic nitrogens is 2. The third kappa shape index (κ3) is 2.89. The van der Waals surface area contributed by atoms with Crippen molar-refractivity contribution in [3.63, 3.8) is 0 Å². The molecule has 1 aromatic heterocycles. The van der Waals surface area contributed by atoms with Gasteiger partial charge in [-0.3, -0.25) is 4.79 Å². The summed E-state index contributed by atoms with van der Waals surface area (Å²) in [5.74, 6) is -1.13. The SMILES string of the molecule is O=C(Cn1cnc2cc(F)ccc21)NC1C2CN(c3ccc(F)cc3F)CC21. The highest BCUT2D eigenvalue weighted by molar-refractivity contribution is 5.81. The molecule has 0 bridgehead atoms. The van der Waals surface area contributed by atoms with Crippen LogP contribution in [-0.4, -0.2) is 34.6 Å². The van der Waals surface area contributed by atoms with Crippen LogP contribution in [0.3, 0.4) is 0 Å². The van der Waals surface area contributed by atoms with Gasteiger partial charge in [0.25, 0.3) is 0 Å². The summed E-state index contributed by atoms with van der Waals surface area (Å²) in [4.78, 5) is 18.4. The summed E-state index contributed by atoms with van der Waals surface area (Å²) in [6, 6.07) is 7.94. The van der Waals surface area contributed by atoms with Crippen LogP contribution in [-0.2, 0) is 11.3 Å². The summed E-state index contributed by atoms with van der Waals surface area (Å²) in [7, 11) is 0. The Hall–Kier alpha value is -3.03. The largest absolute Gasteiger partial charge is 0.368 e. The van der Waals surface area contributed by atoms with Crippen molar-refractivity contribution in [3.8, 4) is 0 Å². The average Bonchev–Trinajstić information content (AvgIpc) is 2.98. The van der Waals surface area contributed by atoms with Crippen LogP contribution in [0.2, 0.25) is 0 Å². The van der Waals surface area contributed by atoms with E-state index in [4.69, 9.17) is 0 Å². The maximum Gasteiger partial charge on any atom is 0.240 e. The summed E-state index contributed by atoms with van der Waals surface area (Å²) >= 11 is 0. The van der Waals surface area contributed by atoms with Crippen molar-refractivity contribution in [1.82, 2.24) is 14.9 Å². The van der Waals surface area contributed by atoms with E-state index in [2.05, 4.69) is 10.3 Å². The summed E-state index contributed by atoms with van der Waals surface area (Å²) in [5, 5.41) is 3.02. The Morgan fingerprint density at radius 1 is 1.07 bits per heavy atom. The van der Waals surface area contributed by atoms with Crippen molar-refractivity contribution < 1.29 is 18.0 Å². The number of hydrogen-bond donors (Lipinski definition) is 1. The fraction of sp³-hybridized carbons (Fsp3) is 0.300. The molecule has 144 valence electrons. The standard InChI is InChI=1S/C20H17F3N4O/c21-11-1-3-17(15(23)5-11)26-7-13-14(8-26)20(13)25-19(28)9-27-10-24-16-6-12(22)2-4-18(16)27/h1-6,10,13-14,20H,7-9H2,(H,25,28). The molecule has 5 rings (SSSR count). The first-order chi connectivity index (χ1) is 13.5. The first-order valence-electron chi connectivity index (χ1n) is 9.09. The monoisotopic (exact) mass is 386 g/mol. The molecule has 2 aromatic carbocycles. The Morgan fingerprint density at radius 3 is 2.54 bits per heavy atom. The molecule has 0 spiro atoms. The minimum Gasteiger partial charge on any atom is -0.368 e. The zero-order valence-electron chi connectivity index (χ0n) is 14.8. The molecule has 5 nitrogen and oxygen atoms in total. The lowest BCUT2D eigenvalue weighted by Gasteiger charge is -2.23. The Bertz CT molecular complexity index is 1070. The predicted octanol–water partition coefficient (Wildman–Crippen LogP) is 2.70. The second-order valence-corrected chi connectivity index (χ2v) is 7.43. The van der Waals surface area contributed by atoms with Crippen LogP contribution in [0.5, 0.6) is 0 Å². The second kappa shape index (κ2) is 6.25. The van der Waals surface area contributed by atoms with Crippen LogP contribution >= 0.6 is 0 Å². The van der Waals surface area contributed by atoms with Crippen LogP contribution in [0, 0.1) is 29.3 Å². The molecule has 8 heteroatoms. The molecule has 1 N–H and O–H groups in total. The van der Waals surface area contributed by atoms with Gasteiger partial charge in [-0.2, -0.15) is 0 Å². The van der Waals surface area contributed by atoms with Gasteiger partial charge in [0, 0.05) is 43.1 Å². The van der Waals surface area contributed by atoms with E-state index < -0.39 is 11.6 Å². The van der Waals surface area contributed by atoms with Gasteiger partial charge < -0.3 is 14.8 Å². The molecule has 28 heavy (non-hydrogen) atoms. The molecule has 1 saturated heterocycles. The van der Waals surface area contributed by atoms with E-state index in [1.807, 2.05) is 4.90 Å². The van der Waals surface area contributed by atoms with Gasteiger partial charge in [-0.1, -0.05) is 0 Å². The number of hydrogen-bond acceptors (Lipinski definition) is 3. The number of carbonyl (C=O) groups is 1. The van der Waals surface area contributed by atoms with Crippen molar-refractivity contribution >= 4 is 22.6 Å². The predicted molar refractivity (Wildman–Crippen MR) is 97.2 cm³/mol. The Balaban J connectivity index is 1.19. The molecule has 3 aromatic rings. The summed E-state index contributed by atoms with van der Waals surface area (Å²) in [5.41, 5.74) is 1.61. The Morgan fingerprint density at radius 2 is 1.79 bits per heavy atom. The third-order valence-electron chi connectivity index (χ3n) is 5.67. The number of nitrogens with one attached hydrogen (secondary N) is 1. The van der Waals surface area contributed by atoms with Crippen LogP contribution < -0.4 is 10.2 Å². The minimum atomic E-state index is -0.592. The molecular formula is C20H17F3N4O. The van der Waals surface area contributed by atoms with Gasteiger partial charge in [0.15, 0.2) is 0 Å². The molecule has 0 radical (unpaired) electrons. The Labute approximate surface area is 158 Å². The van der Waals surface area contributed by atoms with Gasteiger partial charge in [0.1, 0.15) is 24.0 Å². The number of amides is 1. The van der Waals surface area contributed by atoms with E-state index in [9.17, 15) is 18.0 Å². The van der Waals surface area contributed by atoms with Crippen molar-refractivity contribution in [2.75, 3.05) is 18.0 Å². The van der Waals surface area contributed by atoms with E-state index >= 15 is 0 Å². The van der Waals surface area contributed by atoms with Crippen LogP contribution in [0.1, 0.15) is 0 Å². The lowest BCUT2D eigenvalue weighted by Crippen LogP contribution is -2.36. The molecule has 1 aliphatic heterocycles. The van der Waals surface area contributed by atoms with Gasteiger partial charge in [-0.05, 0) is 24.3 Å². The highest BCUT2D eigenvalue weighted by Crippen LogP contribution is 2.47. The fourth-order valence-electron chi connectivity index (χ4n) is 4.22. The van der Waals surface area contributed by atoms with Gasteiger partial charge in [0.2, 0.25) is 5.91 Å². The highest BCUT2D eigenvalue weighted by Gasteiger charge is 2.56. The summed E-state index contributed by atoms with van der Waals surface area (Å²) in [6.45, 7) is 1.37. The van der Waals surface area contributed by atoms with E-state index in [1.165, 1.54) is 30.6 Å². The first-order valence-corrected chi connectivity index (χ1v) is 9.09. The number of halogens is 3. The average molecular weight is 386 g/mol. The lowest BCUT2D eigenvalue weighted by atomic mass is 10.2. The van der Waals surface area contributed by atoms with Gasteiger partial charge in [0.05, 0.1) is 23.0 Å². The number of fused-ring (bicyclic) bond motifs is 2. The van der Waals surface area contributed by atoms with E-state index in [0.717, 1.165) is 6.07 Å². The smallest absolute Gasteiger partial charge is 0.240 e. The lowest BCUT2D eigenvalue weighted by molar-refractivity contribution is -0.121. The number of benzene rings is 2. The van der Waals surface area contributed by atoms with E-state index in [-0.39, 0.29) is 36.1 Å². The maximum atomic E-state index is 13.9. The van der Waals surface area contributed by atoms with Crippen molar-refractivity contribution in [2.45, 2.75) is 12.6 Å². The molecule has 2 aliphatic rings. The molecule has 1 amide bonds. The molecule has 1 aliphatic carbocycles. The number of anilines is 1. The number of nitrogens with zero attached hydrogens (tertiary/aromatic N) is 3.